The number of nitrogens with one attached hydrogen (secondary N) is 2. The first-order valence-electron chi connectivity index (χ1n) is 14.2. The van der Waals surface area contributed by atoms with Crippen LogP contribution in [0.2, 0.25) is 0 Å². The maximum Gasteiger partial charge on any atom is 0.308 e. The van der Waals surface area contributed by atoms with Gasteiger partial charge in [-0.3, -0.25) is 14.2 Å². The number of halogens is 2. The highest BCUT2D eigenvalue weighted by molar-refractivity contribution is 5.93. The molecule has 0 aliphatic heterocycles. The van der Waals surface area contributed by atoms with Crippen molar-refractivity contribution in [2.45, 2.75) is 95.1 Å². The molecule has 0 bridgehead atoms. The van der Waals surface area contributed by atoms with E-state index in [1.54, 1.807) is 16.9 Å². The largest absolute Gasteiger partial charge is 0.359 e. The Balaban J connectivity index is 1.29. The zero-order valence-corrected chi connectivity index (χ0v) is 22.3. The third kappa shape index (κ3) is 5.50. The van der Waals surface area contributed by atoms with Gasteiger partial charge >= 0.3 is 11.6 Å². The summed E-state index contributed by atoms with van der Waals surface area (Å²) in [6.45, 7) is 1.96. The average Bonchev–Trinajstić information content (AvgIpc) is 3.85. The molecule has 3 aliphatic carbocycles. The van der Waals surface area contributed by atoms with Crippen molar-refractivity contribution in [1.29, 1.82) is 0 Å². The van der Waals surface area contributed by atoms with Gasteiger partial charge in [-0.2, -0.15) is 5.10 Å². The Kier molecular flexibility index (Phi) is 6.91. The van der Waals surface area contributed by atoms with E-state index in [-0.39, 0.29) is 65.8 Å². The van der Waals surface area contributed by atoms with E-state index in [9.17, 15) is 23.6 Å². The summed E-state index contributed by atoms with van der Waals surface area (Å²) < 4.78 is 34.3. The Morgan fingerprint density at radius 2 is 1.88 bits per heavy atom. The lowest BCUT2D eigenvalue weighted by Gasteiger charge is -2.33. The van der Waals surface area contributed by atoms with E-state index in [1.165, 1.54) is 0 Å². The highest BCUT2D eigenvalue weighted by Crippen LogP contribution is 2.43. The first-order chi connectivity index (χ1) is 19.2. The van der Waals surface area contributed by atoms with E-state index < -0.39 is 17.9 Å². The molecule has 3 heterocycles. The number of aromatic nitrogens is 5. The molecule has 11 nitrogen and oxygen atoms in total. The van der Waals surface area contributed by atoms with Crippen molar-refractivity contribution >= 4 is 17.5 Å². The van der Waals surface area contributed by atoms with E-state index in [2.05, 4.69) is 20.9 Å². The van der Waals surface area contributed by atoms with Gasteiger partial charge in [-0.05, 0) is 73.3 Å². The smallest absolute Gasteiger partial charge is 0.308 e. The zero-order chi connectivity index (χ0) is 28.0. The van der Waals surface area contributed by atoms with Crippen molar-refractivity contribution in [1.82, 2.24) is 30.4 Å². The molecule has 0 radical (unpaired) electrons. The van der Waals surface area contributed by atoms with Crippen molar-refractivity contribution < 1.29 is 27.9 Å². The van der Waals surface area contributed by atoms with Crippen LogP contribution in [0.25, 0.3) is 5.65 Å². The number of imidazole rings is 1. The van der Waals surface area contributed by atoms with Gasteiger partial charge in [0.05, 0.1) is 35.3 Å². The minimum Gasteiger partial charge on any atom is -0.359 e. The highest BCUT2D eigenvalue weighted by Gasteiger charge is 2.43. The van der Waals surface area contributed by atoms with E-state index >= 15 is 0 Å². The van der Waals surface area contributed by atoms with E-state index in [0.29, 0.717) is 23.7 Å². The van der Waals surface area contributed by atoms with Gasteiger partial charge in [0.1, 0.15) is 0 Å². The number of rotatable bonds is 10. The minimum atomic E-state index is -2.74. The topological polar surface area (TPSA) is 141 Å². The number of hydrogen-bond acceptors (Lipinski definition) is 7. The first kappa shape index (κ1) is 26.6. The molecule has 3 aromatic heterocycles. The van der Waals surface area contributed by atoms with Crippen molar-refractivity contribution in [2.75, 3.05) is 0 Å². The zero-order valence-electron chi connectivity index (χ0n) is 22.3. The number of hydrogen-bond donors (Lipinski definition) is 2. The average molecular weight is 558 g/mol. The Hall–Kier alpha value is -3.64. The van der Waals surface area contributed by atoms with E-state index in [4.69, 9.17) is 9.61 Å². The summed E-state index contributed by atoms with van der Waals surface area (Å²) in [4.78, 5) is 30.7. The molecule has 0 spiro atoms. The summed E-state index contributed by atoms with van der Waals surface area (Å²) in [5.74, 6) is -3.36. The molecule has 2 amide bonds. The van der Waals surface area contributed by atoms with Gasteiger partial charge < -0.3 is 15.8 Å². The molecular formula is C27H33F2N7O4. The van der Waals surface area contributed by atoms with Crippen LogP contribution in [0.4, 0.5) is 8.78 Å². The second kappa shape index (κ2) is 10.4. The molecule has 3 aromatic rings. The number of alkyl halides is 2. The molecule has 0 aromatic carbocycles. The normalized spacial score (nSPS) is 20.8. The fourth-order valence-electron chi connectivity index (χ4n) is 5.76. The van der Waals surface area contributed by atoms with Crippen LogP contribution < -0.4 is 15.5 Å². The Morgan fingerprint density at radius 3 is 2.55 bits per heavy atom. The maximum absolute atomic E-state index is 14.0. The maximum atomic E-state index is 14.0. The standard InChI is InChI=1S/C27H33F2N7O4/c1-2-3-21(37)32-22(15-4-5-15)18-12-20-31-19(14-35(20)30-13-18)23(16-8-10-27(28,29)11-9-16)33-26(38)24-25(17-6-7-17)36(39)40-34-24/h12-17,22-23H,2-11H2,1H3,(H,32,37)(H,33,38)/t22-,23+/m1/s1. The quantitative estimate of drug-likeness (QED) is 0.360. The monoisotopic (exact) mass is 557 g/mol. The van der Waals surface area contributed by atoms with E-state index in [0.717, 1.165) is 37.7 Å². The van der Waals surface area contributed by atoms with Gasteiger partial charge in [0.25, 0.3) is 0 Å². The predicted molar refractivity (Wildman–Crippen MR) is 136 cm³/mol. The molecule has 3 saturated carbocycles. The molecule has 0 unspecified atom stereocenters. The van der Waals surface area contributed by atoms with Crippen LogP contribution in [0, 0.1) is 17.0 Å². The minimum absolute atomic E-state index is 0.00185. The van der Waals surface area contributed by atoms with Crippen LogP contribution in [0.3, 0.4) is 0 Å². The highest BCUT2D eigenvalue weighted by atomic mass is 19.3. The predicted octanol–water partition coefficient (Wildman–Crippen LogP) is 3.89. The molecular weight excluding hydrogens is 524 g/mol. The van der Waals surface area contributed by atoms with Gasteiger partial charge in [-0.25, -0.2) is 18.3 Å². The van der Waals surface area contributed by atoms with Gasteiger partial charge in [0.2, 0.25) is 17.5 Å². The fraction of sp³-hybridized carbons (Fsp3) is 0.630. The molecule has 2 N–H and O–H groups in total. The van der Waals surface area contributed by atoms with Gasteiger partial charge in [-0.1, -0.05) is 6.92 Å². The molecule has 0 saturated heterocycles. The van der Waals surface area contributed by atoms with Crippen molar-refractivity contribution in [3.63, 3.8) is 0 Å². The van der Waals surface area contributed by atoms with Gasteiger partial charge in [-0.15, -0.1) is 0 Å². The summed E-state index contributed by atoms with van der Waals surface area (Å²) in [6.07, 6.45) is 8.05. The van der Waals surface area contributed by atoms with Crippen molar-refractivity contribution in [3.05, 3.63) is 46.3 Å². The van der Waals surface area contributed by atoms with Crippen LogP contribution in [-0.2, 0) is 4.79 Å². The number of carbonyl (C=O) groups is 2. The molecule has 214 valence electrons. The molecule has 3 fully saturated rings. The molecule has 40 heavy (non-hydrogen) atoms. The summed E-state index contributed by atoms with van der Waals surface area (Å²) in [6, 6.07) is 1.03. The Bertz CT molecular complexity index is 1410. The lowest BCUT2D eigenvalue weighted by atomic mass is 9.81. The summed E-state index contributed by atoms with van der Waals surface area (Å²) >= 11 is 0. The third-order valence-corrected chi connectivity index (χ3v) is 8.27. The second-order valence-electron chi connectivity index (χ2n) is 11.5. The van der Waals surface area contributed by atoms with Crippen LogP contribution in [0.1, 0.15) is 117 Å². The fourth-order valence-corrected chi connectivity index (χ4v) is 5.76. The molecule has 2 atom stereocenters. The lowest BCUT2D eigenvalue weighted by molar-refractivity contribution is -0.808. The van der Waals surface area contributed by atoms with Crippen molar-refractivity contribution in [2.24, 2.45) is 11.8 Å². The summed E-state index contributed by atoms with van der Waals surface area (Å²) in [5, 5.41) is 26.4. The number of carbonyl (C=O) groups excluding carboxylic acids is 2. The molecule has 3 aliphatic rings. The van der Waals surface area contributed by atoms with Crippen LogP contribution in [-0.4, -0.2) is 37.5 Å². The first-order valence-corrected chi connectivity index (χ1v) is 14.2. The second-order valence-corrected chi connectivity index (χ2v) is 11.5. The van der Waals surface area contributed by atoms with Crippen LogP contribution in [0.15, 0.2) is 23.1 Å². The van der Waals surface area contributed by atoms with Gasteiger partial charge in [0, 0.05) is 25.2 Å². The van der Waals surface area contributed by atoms with Crippen LogP contribution >= 0.6 is 0 Å². The molecule has 6 rings (SSSR count). The lowest BCUT2D eigenvalue weighted by Crippen LogP contribution is -2.38. The van der Waals surface area contributed by atoms with E-state index in [1.807, 2.05) is 13.0 Å². The van der Waals surface area contributed by atoms with Crippen molar-refractivity contribution in [3.8, 4) is 0 Å². The Labute approximate surface area is 229 Å². The summed E-state index contributed by atoms with van der Waals surface area (Å²) in [7, 11) is 0. The Morgan fingerprint density at radius 1 is 1.15 bits per heavy atom. The van der Waals surface area contributed by atoms with Crippen LogP contribution in [0.5, 0.6) is 0 Å². The number of nitrogens with zero attached hydrogens (tertiary/aromatic N) is 5. The van der Waals surface area contributed by atoms with Gasteiger partial charge in [0.15, 0.2) is 5.65 Å². The molecule has 13 heteroatoms. The number of amides is 2. The third-order valence-electron chi connectivity index (χ3n) is 8.27. The SMILES string of the molecule is CCCC(=O)N[C@@H](c1cnn2cc([C@@H](NC(=O)c3no[n+]([O-])c3C3CC3)C3CCC(F)(F)CC3)nc2c1)C1CC1. The number of fused-ring (bicyclic) bond motifs is 1. The summed E-state index contributed by atoms with van der Waals surface area (Å²) in [5.41, 5.74) is 1.98.